The number of benzene rings is 2. The van der Waals surface area contributed by atoms with E-state index >= 15 is 0 Å². The summed E-state index contributed by atoms with van der Waals surface area (Å²) in [5, 5.41) is 3.42. The second-order valence-corrected chi connectivity index (χ2v) is 7.63. The lowest BCUT2D eigenvalue weighted by Gasteiger charge is -2.13. The van der Waals surface area contributed by atoms with Crippen molar-refractivity contribution >= 4 is 22.5 Å². The Hall–Kier alpha value is -3.15. The molecule has 0 spiro atoms. The second-order valence-electron chi connectivity index (χ2n) is 7.63. The summed E-state index contributed by atoms with van der Waals surface area (Å²) in [4.78, 5) is 30.1. The predicted octanol–water partition coefficient (Wildman–Crippen LogP) is 4.22. The molecule has 6 nitrogen and oxygen atoms in total. The average Bonchev–Trinajstić information content (AvgIpc) is 3.22. The van der Waals surface area contributed by atoms with Crippen molar-refractivity contribution in [1.29, 1.82) is 0 Å². The molecular weight excluding hydrogens is 366 g/mol. The van der Waals surface area contributed by atoms with Crippen molar-refractivity contribution in [2.75, 3.05) is 12.4 Å². The fourth-order valence-corrected chi connectivity index (χ4v) is 4.10. The second kappa shape index (κ2) is 8.07. The highest BCUT2D eigenvalue weighted by atomic mass is 16.5. The molecule has 0 bridgehead atoms. The van der Waals surface area contributed by atoms with E-state index in [4.69, 9.17) is 4.74 Å². The zero-order chi connectivity index (χ0) is 20.4. The third-order valence-electron chi connectivity index (χ3n) is 5.60. The molecule has 150 valence electrons. The van der Waals surface area contributed by atoms with Crippen molar-refractivity contribution < 1.29 is 9.53 Å². The molecule has 29 heavy (non-hydrogen) atoms. The number of hydrogen-bond donors (Lipinski definition) is 1. The highest BCUT2D eigenvalue weighted by molar-refractivity contribution is 5.93. The Balaban J connectivity index is 1.66. The molecule has 0 aliphatic heterocycles. The van der Waals surface area contributed by atoms with E-state index in [1.54, 1.807) is 29.9 Å². The minimum Gasteiger partial charge on any atom is -0.497 e. The Morgan fingerprint density at radius 1 is 1.17 bits per heavy atom. The van der Waals surface area contributed by atoms with Crippen LogP contribution in [0.3, 0.4) is 0 Å². The Kier molecular flexibility index (Phi) is 5.34. The molecule has 1 aromatic heterocycles. The molecule has 0 atom stereocenters. The summed E-state index contributed by atoms with van der Waals surface area (Å²) in [5.74, 6) is 1.81. The number of aryl methyl sites for hydroxylation is 1. The molecule has 1 heterocycles. The first-order valence-corrected chi connectivity index (χ1v) is 10.0. The Morgan fingerprint density at radius 2 is 1.90 bits per heavy atom. The summed E-state index contributed by atoms with van der Waals surface area (Å²) in [6, 6.07) is 12.6. The van der Waals surface area contributed by atoms with Crippen LogP contribution in [-0.2, 0) is 4.79 Å². The molecular formula is C23H25N3O3. The van der Waals surface area contributed by atoms with Crippen LogP contribution in [0.1, 0.15) is 37.9 Å². The van der Waals surface area contributed by atoms with Gasteiger partial charge in [0.15, 0.2) is 0 Å². The number of amides is 1. The number of rotatable bonds is 5. The maximum Gasteiger partial charge on any atom is 0.266 e. The van der Waals surface area contributed by atoms with E-state index in [1.807, 2.05) is 31.2 Å². The highest BCUT2D eigenvalue weighted by Crippen LogP contribution is 2.28. The summed E-state index contributed by atoms with van der Waals surface area (Å²) in [7, 11) is 1.60. The maximum atomic E-state index is 13.2. The Bertz CT molecular complexity index is 1100. The van der Waals surface area contributed by atoms with Crippen molar-refractivity contribution in [1.82, 2.24) is 9.55 Å². The molecule has 0 saturated heterocycles. The number of ether oxygens (including phenoxy) is 1. The first kappa shape index (κ1) is 19.2. The fourth-order valence-electron chi connectivity index (χ4n) is 4.10. The van der Waals surface area contributed by atoms with Gasteiger partial charge in [-0.15, -0.1) is 0 Å². The number of nitrogens with one attached hydrogen (secondary N) is 1. The van der Waals surface area contributed by atoms with Crippen molar-refractivity contribution in [2.24, 2.45) is 5.92 Å². The summed E-state index contributed by atoms with van der Waals surface area (Å²) in [5.41, 5.74) is 1.80. The van der Waals surface area contributed by atoms with Crippen LogP contribution in [0.5, 0.6) is 5.75 Å². The fraction of sp³-hybridized carbons (Fsp3) is 0.348. The number of fused-ring (bicyclic) bond motifs is 1. The molecule has 0 unspecified atom stereocenters. The van der Waals surface area contributed by atoms with E-state index < -0.39 is 0 Å². The third-order valence-corrected chi connectivity index (χ3v) is 5.60. The summed E-state index contributed by atoms with van der Waals surface area (Å²) < 4.78 is 6.77. The highest BCUT2D eigenvalue weighted by Gasteiger charge is 2.19. The number of methoxy groups -OCH3 is 1. The van der Waals surface area contributed by atoms with E-state index in [-0.39, 0.29) is 11.5 Å². The normalized spacial score (nSPS) is 14.3. The average molecular weight is 391 g/mol. The minimum absolute atomic E-state index is 0.00630. The van der Waals surface area contributed by atoms with Gasteiger partial charge in [0.05, 0.1) is 23.7 Å². The zero-order valence-corrected chi connectivity index (χ0v) is 16.8. The van der Waals surface area contributed by atoms with Crippen LogP contribution < -0.4 is 15.6 Å². The maximum absolute atomic E-state index is 13.2. The van der Waals surface area contributed by atoms with Crippen LogP contribution in [0.4, 0.5) is 5.69 Å². The molecule has 1 amide bonds. The van der Waals surface area contributed by atoms with Gasteiger partial charge in [-0.05, 0) is 68.1 Å². The van der Waals surface area contributed by atoms with E-state index in [9.17, 15) is 9.59 Å². The van der Waals surface area contributed by atoms with Crippen LogP contribution >= 0.6 is 0 Å². The van der Waals surface area contributed by atoms with Crippen LogP contribution in [0, 0.1) is 12.8 Å². The molecule has 2 aromatic carbocycles. The van der Waals surface area contributed by atoms with Gasteiger partial charge in [0, 0.05) is 12.1 Å². The van der Waals surface area contributed by atoms with Crippen LogP contribution in [-0.4, -0.2) is 22.6 Å². The van der Waals surface area contributed by atoms with Gasteiger partial charge in [-0.25, -0.2) is 4.98 Å². The first-order valence-electron chi connectivity index (χ1n) is 10.0. The number of carbonyl (C=O) groups is 1. The molecule has 3 aromatic rings. The SMILES string of the molecule is COc1ccc(-n2c(C)nc3ccc(NC(=O)CC4CCCC4)cc3c2=O)cc1. The number of hydrogen-bond acceptors (Lipinski definition) is 4. The van der Waals surface area contributed by atoms with E-state index in [1.165, 1.54) is 12.8 Å². The molecule has 0 radical (unpaired) electrons. The lowest BCUT2D eigenvalue weighted by molar-refractivity contribution is -0.117. The summed E-state index contributed by atoms with van der Waals surface area (Å²) in [6.45, 7) is 1.81. The van der Waals surface area contributed by atoms with Crippen molar-refractivity contribution in [2.45, 2.75) is 39.0 Å². The van der Waals surface area contributed by atoms with Gasteiger partial charge in [0.25, 0.3) is 5.56 Å². The molecule has 6 heteroatoms. The number of aromatic nitrogens is 2. The lowest BCUT2D eigenvalue weighted by atomic mass is 10.0. The minimum atomic E-state index is -0.162. The Labute approximate surface area is 169 Å². The first-order chi connectivity index (χ1) is 14.0. The van der Waals surface area contributed by atoms with Crippen LogP contribution in [0.25, 0.3) is 16.6 Å². The molecule has 1 fully saturated rings. The van der Waals surface area contributed by atoms with Gasteiger partial charge >= 0.3 is 0 Å². The van der Waals surface area contributed by atoms with E-state index in [0.717, 1.165) is 24.3 Å². The monoisotopic (exact) mass is 391 g/mol. The van der Waals surface area contributed by atoms with Crippen LogP contribution in [0.2, 0.25) is 0 Å². The zero-order valence-electron chi connectivity index (χ0n) is 16.8. The van der Waals surface area contributed by atoms with Gasteiger partial charge in [-0.1, -0.05) is 12.8 Å². The van der Waals surface area contributed by atoms with Gasteiger partial charge in [0.2, 0.25) is 5.91 Å². The largest absolute Gasteiger partial charge is 0.497 e. The quantitative estimate of drug-likeness (QED) is 0.707. The van der Waals surface area contributed by atoms with E-state index in [2.05, 4.69) is 10.3 Å². The van der Waals surface area contributed by atoms with Gasteiger partial charge in [-0.2, -0.15) is 0 Å². The Morgan fingerprint density at radius 3 is 2.59 bits per heavy atom. The van der Waals surface area contributed by atoms with Gasteiger partial charge in [0.1, 0.15) is 11.6 Å². The number of nitrogens with zero attached hydrogens (tertiary/aromatic N) is 2. The molecule has 4 rings (SSSR count). The molecule has 1 aliphatic carbocycles. The van der Waals surface area contributed by atoms with Gasteiger partial charge < -0.3 is 10.1 Å². The van der Waals surface area contributed by atoms with Gasteiger partial charge in [-0.3, -0.25) is 14.2 Å². The summed E-state index contributed by atoms with van der Waals surface area (Å²) in [6.07, 6.45) is 5.22. The summed E-state index contributed by atoms with van der Waals surface area (Å²) >= 11 is 0. The van der Waals surface area contributed by atoms with Crippen molar-refractivity contribution in [3.05, 3.63) is 58.6 Å². The lowest BCUT2D eigenvalue weighted by Crippen LogP contribution is -2.22. The van der Waals surface area contributed by atoms with Crippen molar-refractivity contribution in [3.63, 3.8) is 0 Å². The predicted molar refractivity (Wildman–Crippen MR) is 114 cm³/mol. The van der Waals surface area contributed by atoms with Crippen LogP contribution in [0.15, 0.2) is 47.3 Å². The topological polar surface area (TPSA) is 73.2 Å². The standard InChI is InChI=1S/C23H25N3O3/c1-15-24-21-12-7-17(25-22(27)13-16-5-3-4-6-16)14-20(21)23(28)26(15)18-8-10-19(29-2)11-9-18/h7-12,14,16H,3-6,13H2,1-2H3,(H,25,27). The van der Waals surface area contributed by atoms with Crippen molar-refractivity contribution in [3.8, 4) is 11.4 Å². The number of anilines is 1. The third kappa shape index (κ3) is 4.01. The smallest absolute Gasteiger partial charge is 0.266 e. The number of carbonyl (C=O) groups excluding carboxylic acids is 1. The molecule has 1 aliphatic rings. The van der Waals surface area contributed by atoms with E-state index in [0.29, 0.717) is 34.8 Å². The molecule has 1 saturated carbocycles. The molecule has 1 N–H and O–H groups in total.